The molecule has 0 saturated heterocycles. The highest BCUT2D eigenvalue weighted by atomic mass is 32.2. The Kier molecular flexibility index (Phi) is 5.56. The van der Waals surface area contributed by atoms with Crippen molar-refractivity contribution in [3.05, 3.63) is 23.9 Å². The third-order valence-corrected chi connectivity index (χ3v) is 9.34. The number of sulfonamides is 1. The van der Waals surface area contributed by atoms with E-state index in [4.69, 9.17) is 9.47 Å². The van der Waals surface area contributed by atoms with E-state index < -0.39 is 10.0 Å². The maximum atomic E-state index is 12.6. The summed E-state index contributed by atoms with van der Waals surface area (Å²) in [5.74, 6) is 1.71. The average molecular weight is 421 g/mol. The van der Waals surface area contributed by atoms with E-state index in [1.54, 1.807) is 0 Å². The van der Waals surface area contributed by atoms with Crippen molar-refractivity contribution >= 4 is 10.0 Å². The number of fused-ring (bicyclic) bond motifs is 4. The predicted octanol–water partition coefficient (Wildman–Crippen LogP) is 3.38. The Morgan fingerprint density at radius 2 is 1.83 bits per heavy atom. The Labute approximate surface area is 173 Å². The van der Waals surface area contributed by atoms with E-state index >= 15 is 0 Å². The average Bonchev–Trinajstić information content (AvgIpc) is 3.57. The lowest BCUT2D eigenvalue weighted by molar-refractivity contribution is -0.0302. The van der Waals surface area contributed by atoms with Gasteiger partial charge in [-0.25, -0.2) is 18.1 Å². The molecule has 3 fully saturated rings. The van der Waals surface area contributed by atoms with Crippen molar-refractivity contribution in [1.82, 2.24) is 9.71 Å². The van der Waals surface area contributed by atoms with Gasteiger partial charge in [0.2, 0.25) is 15.9 Å². The number of nitrogens with zero attached hydrogens (tertiary/aromatic N) is 1. The van der Waals surface area contributed by atoms with Gasteiger partial charge in [-0.3, -0.25) is 0 Å². The molecule has 1 aromatic heterocycles. The second kappa shape index (κ2) is 8.16. The van der Waals surface area contributed by atoms with Gasteiger partial charge in [-0.05, 0) is 69.3 Å². The van der Waals surface area contributed by atoms with E-state index in [9.17, 15) is 8.42 Å². The molecule has 6 nitrogen and oxygen atoms in total. The lowest BCUT2D eigenvalue weighted by Gasteiger charge is -2.40. The van der Waals surface area contributed by atoms with Crippen LogP contribution >= 0.6 is 0 Å². The third kappa shape index (κ3) is 4.32. The SMILES string of the molecule is O=S(=O)(N[C@H]1CCCC2COc3ncccc3[C@H]3CC[C@H](CC3)OC[C@H]21)C1CC1. The van der Waals surface area contributed by atoms with E-state index in [-0.39, 0.29) is 29.2 Å². The molecule has 5 aliphatic rings. The maximum Gasteiger partial charge on any atom is 0.216 e. The van der Waals surface area contributed by atoms with Crippen molar-refractivity contribution in [2.75, 3.05) is 13.2 Å². The minimum Gasteiger partial charge on any atom is -0.477 e. The monoisotopic (exact) mass is 420 g/mol. The molecule has 3 saturated carbocycles. The van der Waals surface area contributed by atoms with Crippen molar-refractivity contribution < 1.29 is 17.9 Å². The summed E-state index contributed by atoms with van der Waals surface area (Å²) in [5.41, 5.74) is 1.23. The Hall–Kier alpha value is -1.18. The van der Waals surface area contributed by atoms with Gasteiger partial charge in [-0.15, -0.1) is 0 Å². The molecule has 7 heteroatoms. The van der Waals surface area contributed by atoms with Crippen LogP contribution in [-0.2, 0) is 14.8 Å². The standard InChI is InChI=1S/C22H32N2O4S/c25-29(26,18-10-11-18)24-21-5-1-3-16-13-28-22-19(4-2-12-23-22)15-6-8-17(9-7-15)27-14-20(16)21/h2,4,12,15-18,20-21,24H,1,3,5-11,13-14H2/t15-,16?,17+,20-,21+/m1/s1. The number of ether oxygens (including phenoxy) is 2. The van der Waals surface area contributed by atoms with Gasteiger partial charge < -0.3 is 9.47 Å². The van der Waals surface area contributed by atoms with Gasteiger partial charge in [0.05, 0.1) is 24.6 Å². The molecule has 2 aliphatic heterocycles. The Morgan fingerprint density at radius 3 is 2.62 bits per heavy atom. The minimum absolute atomic E-state index is 0.0505. The second-order valence-electron chi connectivity index (χ2n) is 9.34. The first-order chi connectivity index (χ1) is 14.1. The van der Waals surface area contributed by atoms with E-state index in [1.165, 1.54) is 5.56 Å². The highest BCUT2D eigenvalue weighted by molar-refractivity contribution is 7.90. The van der Waals surface area contributed by atoms with Crippen LogP contribution in [0.3, 0.4) is 0 Å². The van der Waals surface area contributed by atoms with Crippen LogP contribution in [0.5, 0.6) is 5.88 Å². The highest BCUT2D eigenvalue weighted by Crippen LogP contribution is 2.40. The first-order valence-electron chi connectivity index (χ1n) is 11.3. The fraction of sp³-hybridized carbons (Fsp3) is 0.773. The molecular formula is C22H32N2O4S. The fourth-order valence-electron chi connectivity index (χ4n) is 5.46. The zero-order valence-corrected chi connectivity index (χ0v) is 17.8. The number of hydrogen-bond acceptors (Lipinski definition) is 5. The number of rotatable bonds is 3. The highest BCUT2D eigenvalue weighted by Gasteiger charge is 2.42. The number of aromatic nitrogens is 1. The van der Waals surface area contributed by atoms with Crippen molar-refractivity contribution in [2.24, 2.45) is 11.8 Å². The zero-order chi connectivity index (χ0) is 19.8. The van der Waals surface area contributed by atoms with Gasteiger partial charge in [0.1, 0.15) is 0 Å². The summed E-state index contributed by atoms with van der Waals surface area (Å²) in [4.78, 5) is 4.55. The van der Waals surface area contributed by atoms with Crippen molar-refractivity contribution in [2.45, 2.75) is 81.1 Å². The summed E-state index contributed by atoms with van der Waals surface area (Å²) in [5, 5.41) is -0.183. The van der Waals surface area contributed by atoms with Crippen LogP contribution in [0.4, 0.5) is 0 Å². The second-order valence-corrected chi connectivity index (χ2v) is 11.3. The minimum atomic E-state index is -3.21. The van der Waals surface area contributed by atoms with Gasteiger partial charge in [0.15, 0.2) is 0 Å². The summed E-state index contributed by atoms with van der Waals surface area (Å²) in [7, 11) is -3.21. The molecular weight excluding hydrogens is 388 g/mol. The molecule has 0 spiro atoms. The van der Waals surface area contributed by atoms with Crippen molar-refractivity contribution in [3.63, 3.8) is 0 Å². The van der Waals surface area contributed by atoms with Crippen LogP contribution in [0.15, 0.2) is 18.3 Å². The third-order valence-electron chi connectivity index (χ3n) is 7.36. The molecule has 1 unspecified atom stereocenters. The normalized spacial score (nSPS) is 35.5. The quantitative estimate of drug-likeness (QED) is 0.811. The van der Waals surface area contributed by atoms with Crippen LogP contribution in [0.25, 0.3) is 0 Å². The van der Waals surface area contributed by atoms with Gasteiger partial charge in [-0.1, -0.05) is 12.5 Å². The van der Waals surface area contributed by atoms with Crippen molar-refractivity contribution in [3.8, 4) is 5.88 Å². The van der Waals surface area contributed by atoms with E-state index in [1.807, 2.05) is 12.3 Å². The summed E-state index contributed by atoms with van der Waals surface area (Å²) in [6, 6.07) is 4.11. The Morgan fingerprint density at radius 1 is 1.00 bits per heavy atom. The van der Waals surface area contributed by atoms with Crippen LogP contribution < -0.4 is 9.46 Å². The fourth-order valence-corrected chi connectivity index (χ4v) is 7.12. The van der Waals surface area contributed by atoms with Crippen LogP contribution in [0.2, 0.25) is 0 Å². The molecule has 29 heavy (non-hydrogen) atoms. The molecule has 0 aromatic carbocycles. The maximum absolute atomic E-state index is 12.6. The molecule has 3 atom stereocenters. The topological polar surface area (TPSA) is 77.5 Å². The lowest BCUT2D eigenvalue weighted by Crippen LogP contribution is -2.49. The van der Waals surface area contributed by atoms with Crippen LogP contribution in [0, 0.1) is 11.8 Å². The van der Waals surface area contributed by atoms with E-state index in [2.05, 4.69) is 15.8 Å². The number of nitrogens with one attached hydrogen (secondary N) is 1. The number of pyridine rings is 1. The molecule has 1 N–H and O–H groups in total. The summed E-state index contributed by atoms with van der Waals surface area (Å²) in [6.45, 7) is 1.20. The molecule has 1 aromatic rings. The molecule has 6 rings (SSSR count). The van der Waals surface area contributed by atoms with Gasteiger partial charge in [0.25, 0.3) is 0 Å². The van der Waals surface area contributed by atoms with E-state index in [0.717, 1.165) is 63.7 Å². The predicted molar refractivity (Wildman–Crippen MR) is 110 cm³/mol. The number of hydrogen-bond donors (Lipinski definition) is 1. The van der Waals surface area contributed by atoms with Gasteiger partial charge in [0, 0.05) is 23.7 Å². The lowest BCUT2D eigenvalue weighted by atomic mass is 9.76. The Balaban J connectivity index is 1.39. The first-order valence-corrected chi connectivity index (χ1v) is 12.9. The summed E-state index contributed by atoms with van der Waals surface area (Å²) >= 11 is 0. The smallest absolute Gasteiger partial charge is 0.216 e. The van der Waals surface area contributed by atoms with Crippen LogP contribution in [-0.4, -0.2) is 44.0 Å². The summed E-state index contributed by atoms with van der Waals surface area (Å²) < 4.78 is 40.9. The van der Waals surface area contributed by atoms with Crippen LogP contribution in [0.1, 0.15) is 69.3 Å². The Bertz CT molecular complexity index is 818. The molecule has 160 valence electrons. The van der Waals surface area contributed by atoms with Gasteiger partial charge >= 0.3 is 0 Å². The molecule has 2 bridgehead atoms. The van der Waals surface area contributed by atoms with Crippen molar-refractivity contribution in [1.29, 1.82) is 0 Å². The van der Waals surface area contributed by atoms with Gasteiger partial charge in [-0.2, -0.15) is 0 Å². The van der Waals surface area contributed by atoms with E-state index in [0.29, 0.717) is 19.1 Å². The molecule has 3 heterocycles. The molecule has 3 aliphatic carbocycles. The molecule has 0 amide bonds. The largest absolute Gasteiger partial charge is 0.477 e. The zero-order valence-electron chi connectivity index (χ0n) is 17.0. The summed E-state index contributed by atoms with van der Waals surface area (Å²) in [6.07, 6.45) is 10.9. The first kappa shape index (κ1) is 19.8. The molecule has 0 radical (unpaired) electrons.